The number of rotatable bonds is 4. The Morgan fingerprint density at radius 2 is 2.05 bits per heavy atom. The smallest absolute Gasteiger partial charge is 0.388 e. The Labute approximate surface area is 113 Å². The van der Waals surface area contributed by atoms with Gasteiger partial charge in [0.2, 0.25) is 5.88 Å². The Morgan fingerprint density at radius 1 is 1.25 bits per heavy atom. The molecular formula is C13H10F2N2O3. The van der Waals surface area contributed by atoms with E-state index in [-0.39, 0.29) is 11.6 Å². The Morgan fingerprint density at radius 3 is 2.65 bits per heavy atom. The molecule has 0 atom stereocenters. The van der Waals surface area contributed by atoms with Crippen LogP contribution in [0.25, 0.3) is 11.3 Å². The molecule has 0 radical (unpaired) electrons. The van der Waals surface area contributed by atoms with Crippen molar-refractivity contribution in [3.05, 3.63) is 42.2 Å². The molecule has 5 nitrogen and oxygen atoms in total. The Bertz CT molecular complexity index is 603. The van der Waals surface area contributed by atoms with E-state index in [9.17, 15) is 13.6 Å². The van der Waals surface area contributed by atoms with Crippen LogP contribution in [-0.4, -0.2) is 29.7 Å². The largest absolute Gasteiger partial charge is 0.464 e. The van der Waals surface area contributed by atoms with Crippen molar-refractivity contribution in [2.24, 2.45) is 0 Å². The highest BCUT2D eigenvalue weighted by atomic mass is 19.3. The number of hydrogen-bond donors (Lipinski definition) is 0. The average Bonchev–Trinajstić information content (AvgIpc) is 2.47. The molecule has 0 bridgehead atoms. The van der Waals surface area contributed by atoms with Gasteiger partial charge < -0.3 is 9.47 Å². The van der Waals surface area contributed by atoms with Crippen molar-refractivity contribution in [2.75, 3.05) is 7.11 Å². The zero-order valence-electron chi connectivity index (χ0n) is 10.4. The van der Waals surface area contributed by atoms with Crippen molar-refractivity contribution >= 4 is 5.97 Å². The van der Waals surface area contributed by atoms with Crippen LogP contribution in [0.1, 0.15) is 10.5 Å². The van der Waals surface area contributed by atoms with Gasteiger partial charge in [-0.2, -0.15) is 8.78 Å². The first-order valence-corrected chi connectivity index (χ1v) is 5.57. The van der Waals surface area contributed by atoms with E-state index in [0.29, 0.717) is 11.3 Å². The molecule has 0 fully saturated rings. The molecule has 0 aromatic carbocycles. The van der Waals surface area contributed by atoms with Gasteiger partial charge in [0.05, 0.1) is 12.8 Å². The van der Waals surface area contributed by atoms with Crippen molar-refractivity contribution in [2.45, 2.75) is 6.61 Å². The van der Waals surface area contributed by atoms with E-state index in [4.69, 9.17) is 0 Å². The van der Waals surface area contributed by atoms with Crippen LogP contribution in [0.15, 0.2) is 36.5 Å². The van der Waals surface area contributed by atoms with Crippen molar-refractivity contribution in [3.8, 4) is 17.1 Å². The highest BCUT2D eigenvalue weighted by Crippen LogP contribution is 2.19. The number of nitrogens with zero attached hydrogens (tertiary/aromatic N) is 2. The molecule has 0 saturated carbocycles. The molecule has 0 aliphatic carbocycles. The Kier molecular flexibility index (Phi) is 4.19. The summed E-state index contributed by atoms with van der Waals surface area (Å²) in [5, 5.41) is 0. The van der Waals surface area contributed by atoms with E-state index in [2.05, 4.69) is 19.4 Å². The van der Waals surface area contributed by atoms with Crippen LogP contribution in [-0.2, 0) is 4.74 Å². The van der Waals surface area contributed by atoms with Crippen LogP contribution in [0.4, 0.5) is 8.78 Å². The van der Waals surface area contributed by atoms with Gasteiger partial charge >= 0.3 is 12.6 Å². The summed E-state index contributed by atoms with van der Waals surface area (Å²) in [4.78, 5) is 19.2. The number of ether oxygens (including phenoxy) is 2. The lowest BCUT2D eigenvalue weighted by atomic mass is 10.2. The quantitative estimate of drug-likeness (QED) is 0.805. The maximum absolute atomic E-state index is 12.0. The summed E-state index contributed by atoms with van der Waals surface area (Å²) in [7, 11) is 1.26. The van der Waals surface area contributed by atoms with Gasteiger partial charge in [0, 0.05) is 17.8 Å². The maximum atomic E-state index is 12.0. The molecule has 0 N–H and O–H groups in total. The first-order chi connectivity index (χ1) is 9.60. The number of carbonyl (C=O) groups excluding carboxylic acids is 1. The second-order valence-electron chi connectivity index (χ2n) is 3.66. The van der Waals surface area contributed by atoms with Gasteiger partial charge in [0.25, 0.3) is 0 Å². The van der Waals surface area contributed by atoms with Crippen molar-refractivity contribution in [1.29, 1.82) is 0 Å². The minimum Gasteiger partial charge on any atom is -0.464 e. The number of pyridine rings is 2. The van der Waals surface area contributed by atoms with Crippen LogP contribution in [0.2, 0.25) is 0 Å². The lowest BCUT2D eigenvalue weighted by Crippen LogP contribution is -2.05. The average molecular weight is 280 g/mol. The number of methoxy groups -OCH3 is 1. The summed E-state index contributed by atoms with van der Waals surface area (Å²) in [5.74, 6) is -0.745. The molecule has 0 aliphatic rings. The van der Waals surface area contributed by atoms with Gasteiger partial charge in [0.15, 0.2) is 0 Å². The topological polar surface area (TPSA) is 61.3 Å². The van der Waals surface area contributed by atoms with E-state index in [1.165, 1.54) is 31.5 Å². The number of hydrogen-bond acceptors (Lipinski definition) is 5. The molecule has 0 spiro atoms. The second kappa shape index (κ2) is 6.05. The first-order valence-electron chi connectivity index (χ1n) is 5.57. The maximum Gasteiger partial charge on any atom is 0.388 e. The number of halogens is 2. The van der Waals surface area contributed by atoms with E-state index in [1.54, 1.807) is 12.1 Å². The van der Waals surface area contributed by atoms with Gasteiger partial charge in [-0.25, -0.2) is 14.8 Å². The molecular weight excluding hydrogens is 270 g/mol. The van der Waals surface area contributed by atoms with Crippen molar-refractivity contribution in [3.63, 3.8) is 0 Å². The van der Waals surface area contributed by atoms with Crippen molar-refractivity contribution in [1.82, 2.24) is 9.97 Å². The molecule has 2 rings (SSSR count). The summed E-state index contributed by atoms with van der Waals surface area (Å²) in [6, 6.07) is 7.63. The van der Waals surface area contributed by atoms with Crippen LogP contribution >= 0.6 is 0 Å². The minimum atomic E-state index is -2.92. The van der Waals surface area contributed by atoms with Gasteiger partial charge in [-0.15, -0.1) is 0 Å². The zero-order valence-corrected chi connectivity index (χ0v) is 10.4. The predicted molar refractivity (Wildman–Crippen MR) is 65.4 cm³/mol. The van der Waals surface area contributed by atoms with Crippen LogP contribution < -0.4 is 4.74 Å². The third-order valence-corrected chi connectivity index (χ3v) is 2.39. The van der Waals surface area contributed by atoms with Crippen molar-refractivity contribution < 1.29 is 23.0 Å². The normalized spacial score (nSPS) is 10.4. The Hall–Kier alpha value is -2.57. The minimum absolute atomic E-state index is 0.151. The lowest BCUT2D eigenvalue weighted by Gasteiger charge is -2.05. The second-order valence-corrected chi connectivity index (χ2v) is 3.66. The molecule has 104 valence electrons. The lowest BCUT2D eigenvalue weighted by molar-refractivity contribution is -0.0528. The van der Waals surface area contributed by atoms with E-state index < -0.39 is 12.6 Å². The zero-order chi connectivity index (χ0) is 14.5. The van der Waals surface area contributed by atoms with Crippen LogP contribution in [0, 0.1) is 0 Å². The van der Waals surface area contributed by atoms with Gasteiger partial charge in [0.1, 0.15) is 5.69 Å². The number of esters is 1. The standard InChI is InChI=1S/C13H10F2N2O3/c1-19-12(18)10-4-2-3-9(17-10)8-5-6-11(16-7-8)20-13(14)15/h2-7,13H,1H3. The monoisotopic (exact) mass is 280 g/mol. The molecule has 2 aromatic rings. The summed E-state index contributed by atoms with van der Waals surface area (Å²) in [5.41, 5.74) is 1.19. The fourth-order valence-electron chi connectivity index (χ4n) is 1.51. The van der Waals surface area contributed by atoms with E-state index in [0.717, 1.165) is 0 Å². The highest BCUT2D eigenvalue weighted by Gasteiger charge is 2.10. The fraction of sp³-hybridized carbons (Fsp3) is 0.154. The molecule has 0 saturated heterocycles. The van der Waals surface area contributed by atoms with Gasteiger partial charge in [-0.1, -0.05) is 6.07 Å². The summed E-state index contributed by atoms with van der Waals surface area (Å²) >= 11 is 0. The summed E-state index contributed by atoms with van der Waals surface area (Å²) in [6.07, 6.45) is 1.33. The van der Waals surface area contributed by atoms with E-state index in [1.807, 2.05) is 0 Å². The predicted octanol–water partition coefficient (Wildman–Crippen LogP) is 2.53. The summed E-state index contributed by atoms with van der Waals surface area (Å²) in [6.45, 7) is -2.92. The molecule has 2 aromatic heterocycles. The highest BCUT2D eigenvalue weighted by molar-refractivity contribution is 5.87. The van der Waals surface area contributed by atoms with Gasteiger partial charge in [-0.3, -0.25) is 0 Å². The van der Waals surface area contributed by atoms with E-state index >= 15 is 0 Å². The van der Waals surface area contributed by atoms with Gasteiger partial charge in [-0.05, 0) is 18.2 Å². The molecule has 20 heavy (non-hydrogen) atoms. The molecule has 0 amide bonds. The van der Waals surface area contributed by atoms with Crippen LogP contribution in [0.3, 0.4) is 0 Å². The number of alkyl halides is 2. The molecule has 0 unspecified atom stereocenters. The number of carbonyl (C=O) groups is 1. The first kappa shape index (κ1) is 13.9. The molecule has 7 heteroatoms. The Balaban J connectivity index is 2.25. The SMILES string of the molecule is COC(=O)c1cccc(-c2ccc(OC(F)F)nc2)n1. The molecule has 2 heterocycles. The fourth-order valence-corrected chi connectivity index (χ4v) is 1.51. The summed E-state index contributed by atoms with van der Waals surface area (Å²) < 4.78 is 32.7. The number of aromatic nitrogens is 2. The van der Waals surface area contributed by atoms with Crippen LogP contribution in [0.5, 0.6) is 5.88 Å². The molecule has 0 aliphatic heterocycles. The third kappa shape index (κ3) is 3.25. The third-order valence-electron chi connectivity index (χ3n) is 2.39.